The molecule has 0 fully saturated rings. The maximum Gasteiger partial charge on any atom is 0.258 e. The van der Waals surface area contributed by atoms with Gasteiger partial charge in [-0.15, -0.1) is 11.6 Å². The summed E-state index contributed by atoms with van der Waals surface area (Å²) in [5.74, 6) is 0.233. The number of nitrogens with zero attached hydrogens (tertiary/aromatic N) is 2. The number of alkyl halides is 1. The first kappa shape index (κ1) is 18.2. The van der Waals surface area contributed by atoms with Gasteiger partial charge in [-0.3, -0.25) is 4.79 Å². The predicted molar refractivity (Wildman–Crippen MR) is 106 cm³/mol. The van der Waals surface area contributed by atoms with Crippen LogP contribution < -0.4 is 0 Å². The van der Waals surface area contributed by atoms with Gasteiger partial charge in [0.25, 0.3) is 5.91 Å². The molecule has 2 aromatic rings. The molecule has 1 amide bonds. The number of carbonyl (C=O) groups is 1. The molecule has 0 saturated carbocycles. The van der Waals surface area contributed by atoms with E-state index in [2.05, 4.69) is 59.1 Å². The molecule has 1 aliphatic rings. The number of carbonyl (C=O) groups excluding carboxylic acids is 1. The lowest BCUT2D eigenvalue weighted by Crippen LogP contribution is -2.27. The fraction of sp³-hybridized carbons (Fsp3) is 0.300. The molecule has 3 nitrogen and oxygen atoms in total. The Hall–Kier alpha value is -1.65. The summed E-state index contributed by atoms with van der Waals surface area (Å²) in [4.78, 5) is 12.3. The van der Waals surface area contributed by atoms with Crippen molar-refractivity contribution in [2.45, 2.75) is 32.2 Å². The molecule has 0 aromatic heterocycles. The van der Waals surface area contributed by atoms with Crippen LogP contribution in [-0.2, 0) is 4.79 Å². The minimum atomic E-state index is -0.174. The second-order valence-corrected chi connectivity index (χ2v) is 7.65. The summed E-state index contributed by atoms with van der Waals surface area (Å²) in [6, 6.07) is 16.3. The summed E-state index contributed by atoms with van der Waals surface area (Å²) in [5, 5.41) is 6.11. The van der Waals surface area contributed by atoms with E-state index in [-0.39, 0.29) is 17.8 Å². The molecule has 25 heavy (non-hydrogen) atoms. The van der Waals surface area contributed by atoms with Crippen LogP contribution in [0.3, 0.4) is 0 Å². The highest BCUT2D eigenvalue weighted by Gasteiger charge is 2.32. The molecule has 0 aliphatic carbocycles. The number of hydrazone groups is 1. The molecular formula is C20H20BrClN2O. The Bertz CT molecular complexity index is 784. The maximum absolute atomic E-state index is 12.3. The largest absolute Gasteiger partial charge is 0.272 e. The molecule has 5 heteroatoms. The highest BCUT2D eigenvalue weighted by atomic mass is 79.9. The van der Waals surface area contributed by atoms with Crippen LogP contribution in [0.25, 0.3) is 0 Å². The topological polar surface area (TPSA) is 32.7 Å². The van der Waals surface area contributed by atoms with E-state index in [0.29, 0.717) is 12.3 Å². The van der Waals surface area contributed by atoms with Gasteiger partial charge in [-0.25, -0.2) is 5.01 Å². The molecule has 1 atom stereocenters. The van der Waals surface area contributed by atoms with Crippen LogP contribution in [-0.4, -0.2) is 22.5 Å². The van der Waals surface area contributed by atoms with Crippen molar-refractivity contribution in [3.63, 3.8) is 0 Å². The number of rotatable bonds is 4. The van der Waals surface area contributed by atoms with Crippen LogP contribution in [0.15, 0.2) is 58.1 Å². The molecule has 0 radical (unpaired) electrons. The molecule has 1 aliphatic heterocycles. The normalized spacial score (nSPS) is 17.1. The average molecular weight is 420 g/mol. The number of amides is 1. The van der Waals surface area contributed by atoms with Crippen molar-refractivity contribution in [3.8, 4) is 0 Å². The van der Waals surface area contributed by atoms with E-state index in [1.165, 1.54) is 10.6 Å². The lowest BCUT2D eigenvalue weighted by Gasteiger charge is -2.21. The van der Waals surface area contributed by atoms with Gasteiger partial charge >= 0.3 is 0 Å². The van der Waals surface area contributed by atoms with E-state index in [1.807, 2.05) is 24.3 Å². The molecule has 3 rings (SSSR count). The molecular weight excluding hydrogens is 400 g/mol. The Morgan fingerprint density at radius 2 is 1.84 bits per heavy atom. The van der Waals surface area contributed by atoms with Crippen LogP contribution in [0, 0.1) is 0 Å². The minimum Gasteiger partial charge on any atom is -0.272 e. The zero-order valence-electron chi connectivity index (χ0n) is 14.2. The second-order valence-electron chi connectivity index (χ2n) is 6.47. The summed E-state index contributed by atoms with van der Waals surface area (Å²) in [6.07, 6.45) is 0.686. The summed E-state index contributed by atoms with van der Waals surface area (Å²) in [7, 11) is 0. The minimum absolute atomic E-state index is 0.0717. The summed E-state index contributed by atoms with van der Waals surface area (Å²) < 4.78 is 1.02. The first-order chi connectivity index (χ1) is 12.0. The molecule has 0 bridgehead atoms. The fourth-order valence-corrected chi connectivity index (χ4v) is 3.37. The van der Waals surface area contributed by atoms with Gasteiger partial charge in [0.2, 0.25) is 0 Å². The van der Waals surface area contributed by atoms with Gasteiger partial charge in [0.05, 0.1) is 11.8 Å². The second kappa shape index (κ2) is 7.71. The number of hydrogen-bond donors (Lipinski definition) is 0. The van der Waals surface area contributed by atoms with Crippen LogP contribution in [0.5, 0.6) is 0 Å². The van der Waals surface area contributed by atoms with Gasteiger partial charge in [0, 0.05) is 10.9 Å². The van der Waals surface area contributed by atoms with E-state index < -0.39 is 0 Å². The van der Waals surface area contributed by atoms with Gasteiger partial charge < -0.3 is 0 Å². The smallest absolute Gasteiger partial charge is 0.258 e. The van der Waals surface area contributed by atoms with Gasteiger partial charge in [-0.1, -0.05) is 66.2 Å². The summed E-state index contributed by atoms with van der Waals surface area (Å²) >= 11 is 9.24. The average Bonchev–Trinajstić information content (AvgIpc) is 3.07. The fourth-order valence-electron chi connectivity index (χ4n) is 2.98. The van der Waals surface area contributed by atoms with E-state index in [1.54, 1.807) is 0 Å². The van der Waals surface area contributed by atoms with Crippen molar-refractivity contribution < 1.29 is 4.79 Å². The highest BCUT2D eigenvalue weighted by molar-refractivity contribution is 9.10. The zero-order valence-corrected chi connectivity index (χ0v) is 16.6. The maximum atomic E-state index is 12.3. The first-order valence-corrected chi connectivity index (χ1v) is 9.63. The van der Waals surface area contributed by atoms with Crippen LogP contribution in [0.1, 0.15) is 48.9 Å². The number of halogens is 2. The number of hydrogen-bond acceptors (Lipinski definition) is 2. The summed E-state index contributed by atoms with van der Waals surface area (Å²) in [6.45, 7) is 4.34. The molecule has 2 aromatic carbocycles. The van der Waals surface area contributed by atoms with Crippen molar-refractivity contribution in [3.05, 3.63) is 69.7 Å². The standard InChI is InChI=1S/C20H20BrClN2O/c1-13(2)14-3-5-16(6-4-14)19-11-18(23-24(19)20(25)12-22)15-7-9-17(21)10-8-15/h3-10,13,19H,11-12H2,1-2H3. The molecule has 1 heterocycles. The predicted octanol–water partition coefficient (Wildman–Crippen LogP) is 5.49. The third-order valence-corrected chi connectivity index (χ3v) is 5.20. The van der Waals surface area contributed by atoms with Gasteiger partial charge in [0.15, 0.2) is 0 Å². The van der Waals surface area contributed by atoms with Gasteiger partial charge in [-0.2, -0.15) is 5.10 Å². The van der Waals surface area contributed by atoms with Crippen molar-refractivity contribution in [1.29, 1.82) is 0 Å². The van der Waals surface area contributed by atoms with Crippen molar-refractivity contribution >= 4 is 39.1 Å². The third kappa shape index (κ3) is 3.96. The van der Waals surface area contributed by atoms with E-state index in [4.69, 9.17) is 11.6 Å². The van der Waals surface area contributed by atoms with Crippen molar-refractivity contribution in [2.75, 3.05) is 5.88 Å². The Labute approximate surface area is 161 Å². The van der Waals surface area contributed by atoms with Crippen LogP contribution >= 0.6 is 27.5 Å². The highest BCUT2D eigenvalue weighted by Crippen LogP contribution is 2.33. The van der Waals surface area contributed by atoms with E-state index >= 15 is 0 Å². The SMILES string of the molecule is CC(C)c1ccc(C2CC(c3ccc(Br)cc3)=NN2C(=O)CCl)cc1. The van der Waals surface area contributed by atoms with Crippen LogP contribution in [0.4, 0.5) is 0 Å². The lowest BCUT2D eigenvalue weighted by atomic mass is 9.95. The Morgan fingerprint density at radius 1 is 1.20 bits per heavy atom. The van der Waals surface area contributed by atoms with Crippen molar-refractivity contribution in [2.24, 2.45) is 5.10 Å². The van der Waals surface area contributed by atoms with E-state index in [0.717, 1.165) is 21.3 Å². The van der Waals surface area contributed by atoms with Crippen LogP contribution in [0.2, 0.25) is 0 Å². The third-order valence-electron chi connectivity index (χ3n) is 4.45. The van der Waals surface area contributed by atoms with Gasteiger partial charge in [-0.05, 0) is 34.7 Å². The van der Waals surface area contributed by atoms with E-state index in [9.17, 15) is 4.79 Å². The Morgan fingerprint density at radius 3 is 2.40 bits per heavy atom. The molecule has 0 saturated heterocycles. The van der Waals surface area contributed by atoms with Gasteiger partial charge in [0.1, 0.15) is 5.88 Å². The summed E-state index contributed by atoms with van der Waals surface area (Å²) in [5.41, 5.74) is 4.30. The van der Waals surface area contributed by atoms with Crippen molar-refractivity contribution in [1.82, 2.24) is 5.01 Å². The molecule has 1 unspecified atom stereocenters. The molecule has 0 spiro atoms. The Kier molecular flexibility index (Phi) is 5.60. The quantitative estimate of drug-likeness (QED) is 0.603. The lowest BCUT2D eigenvalue weighted by molar-refractivity contribution is -0.130. The first-order valence-electron chi connectivity index (χ1n) is 8.31. The monoisotopic (exact) mass is 418 g/mol. The zero-order chi connectivity index (χ0) is 18.0. The molecule has 0 N–H and O–H groups in total. The number of benzene rings is 2. The Balaban J connectivity index is 1.91. The molecule has 130 valence electrons.